The molecule has 102 valence electrons. The summed E-state index contributed by atoms with van der Waals surface area (Å²) in [6.45, 7) is 4.84. The van der Waals surface area contributed by atoms with Gasteiger partial charge >= 0.3 is 0 Å². The zero-order valence-electron chi connectivity index (χ0n) is 10.8. The van der Waals surface area contributed by atoms with Crippen LogP contribution in [-0.4, -0.2) is 18.4 Å². The van der Waals surface area contributed by atoms with E-state index in [1.807, 2.05) is 13.8 Å². The largest absolute Gasteiger partial charge is 0.493 e. The van der Waals surface area contributed by atoms with Crippen molar-refractivity contribution in [3.63, 3.8) is 0 Å². The van der Waals surface area contributed by atoms with Gasteiger partial charge in [0.25, 0.3) is 0 Å². The molecule has 6 heteroatoms. The highest BCUT2D eigenvalue weighted by atomic mass is 35.5. The molecule has 2 aromatic rings. The van der Waals surface area contributed by atoms with Gasteiger partial charge in [0.05, 0.1) is 18.2 Å². The second kappa shape index (κ2) is 5.84. The lowest BCUT2D eigenvalue weighted by atomic mass is 10.1. The molecule has 0 bridgehead atoms. The Hall–Kier alpha value is -1.88. The number of ether oxygens (including phenoxy) is 2. The van der Waals surface area contributed by atoms with Crippen LogP contribution in [0.4, 0.5) is 5.88 Å². The van der Waals surface area contributed by atoms with Crippen molar-refractivity contribution in [1.82, 2.24) is 5.16 Å². The van der Waals surface area contributed by atoms with Gasteiger partial charge in [-0.2, -0.15) is 0 Å². The first-order chi connectivity index (χ1) is 9.15. The summed E-state index contributed by atoms with van der Waals surface area (Å²) >= 11 is 6.17. The number of anilines is 1. The maximum absolute atomic E-state index is 6.17. The summed E-state index contributed by atoms with van der Waals surface area (Å²) in [6, 6.07) is 5.10. The van der Waals surface area contributed by atoms with Crippen molar-refractivity contribution in [3.8, 4) is 22.8 Å². The maximum atomic E-state index is 6.17. The molecule has 0 radical (unpaired) electrons. The zero-order valence-corrected chi connectivity index (χ0v) is 11.5. The van der Waals surface area contributed by atoms with Gasteiger partial charge in [-0.15, -0.1) is 0 Å². The van der Waals surface area contributed by atoms with Crippen LogP contribution in [0.5, 0.6) is 11.5 Å². The molecule has 0 atom stereocenters. The number of hydrogen-bond acceptors (Lipinski definition) is 5. The van der Waals surface area contributed by atoms with Gasteiger partial charge in [-0.3, -0.25) is 0 Å². The fourth-order valence-electron chi connectivity index (χ4n) is 1.69. The van der Waals surface area contributed by atoms with Crippen LogP contribution in [-0.2, 0) is 0 Å². The summed E-state index contributed by atoms with van der Waals surface area (Å²) in [6.07, 6.45) is 0. The van der Waals surface area contributed by atoms with Crippen LogP contribution in [0, 0.1) is 0 Å². The summed E-state index contributed by atoms with van der Waals surface area (Å²) in [5, 5.41) is 4.35. The van der Waals surface area contributed by atoms with Gasteiger partial charge in [-0.1, -0.05) is 16.8 Å². The molecular weight excluding hydrogens is 268 g/mol. The van der Waals surface area contributed by atoms with Crippen molar-refractivity contribution >= 4 is 17.5 Å². The van der Waals surface area contributed by atoms with E-state index >= 15 is 0 Å². The van der Waals surface area contributed by atoms with E-state index in [-0.39, 0.29) is 5.88 Å². The first-order valence-corrected chi connectivity index (χ1v) is 6.35. The fourth-order valence-corrected chi connectivity index (χ4v) is 1.91. The minimum Gasteiger partial charge on any atom is -0.493 e. The van der Waals surface area contributed by atoms with E-state index in [0.717, 1.165) is 5.56 Å². The number of rotatable bonds is 5. The van der Waals surface area contributed by atoms with Gasteiger partial charge in [-0.05, 0) is 19.9 Å². The number of nitrogens with two attached hydrogens (primary N) is 1. The van der Waals surface area contributed by atoms with Crippen LogP contribution in [0.3, 0.4) is 0 Å². The maximum Gasteiger partial charge on any atom is 0.222 e. The summed E-state index contributed by atoms with van der Waals surface area (Å²) < 4.78 is 15.9. The first-order valence-electron chi connectivity index (χ1n) is 5.97. The van der Waals surface area contributed by atoms with Crippen LogP contribution in [0.1, 0.15) is 13.8 Å². The standard InChI is InChI=1S/C13H15ClN2O3/c1-3-17-11-7-12(18-4-2)9(14)5-8(11)10-6-13(15)19-16-10/h5-7H,3-4,15H2,1-2H3. The van der Waals surface area contributed by atoms with E-state index in [0.29, 0.717) is 35.4 Å². The van der Waals surface area contributed by atoms with Crippen molar-refractivity contribution in [2.24, 2.45) is 0 Å². The number of nitrogens with zero attached hydrogens (tertiary/aromatic N) is 1. The third-order valence-corrected chi connectivity index (χ3v) is 2.73. The predicted molar refractivity (Wildman–Crippen MR) is 73.7 cm³/mol. The SMILES string of the molecule is CCOc1cc(OCC)c(-c2cc(N)on2)cc1Cl. The molecule has 0 aliphatic rings. The minimum atomic E-state index is 0.238. The zero-order chi connectivity index (χ0) is 13.8. The molecule has 0 unspecified atom stereocenters. The number of halogens is 1. The van der Waals surface area contributed by atoms with Gasteiger partial charge in [0.2, 0.25) is 5.88 Å². The van der Waals surface area contributed by atoms with Crippen molar-refractivity contribution < 1.29 is 14.0 Å². The normalized spacial score (nSPS) is 10.5. The highest BCUT2D eigenvalue weighted by Gasteiger charge is 2.15. The minimum absolute atomic E-state index is 0.238. The molecule has 0 aliphatic carbocycles. The van der Waals surface area contributed by atoms with Crippen molar-refractivity contribution in [1.29, 1.82) is 0 Å². The van der Waals surface area contributed by atoms with Crippen LogP contribution in [0.15, 0.2) is 22.7 Å². The molecule has 1 aromatic heterocycles. The van der Waals surface area contributed by atoms with Crippen LogP contribution in [0.25, 0.3) is 11.3 Å². The molecule has 1 aromatic carbocycles. The van der Waals surface area contributed by atoms with Gasteiger partial charge in [0.15, 0.2) is 0 Å². The molecule has 19 heavy (non-hydrogen) atoms. The highest BCUT2D eigenvalue weighted by Crippen LogP contribution is 2.38. The molecule has 0 saturated heterocycles. The Kier molecular flexibility index (Phi) is 4.16. The van der Waals surface area contributed by atoms with Gasteiger partial charge in [0, 0.05) is 17.7 Å². The molecule has 0 amide bonds. The molecule has 0 fully saturated rings. The molecule has 1 heterocycles. The van der Waals surface area contributed by atoms with E-state index in [1.54, 1.807) is 18.2 Å². The lowest BCUT2D eigenvalue weighted by molar-refractivity contribution is 0.324. The van der Waals surface area contributed by atoms with E-state index < -0.39 is 0 Å². The average Bonchev–Trinajstić information content (AvgIpc) is 2.80. The summed E-state index contributed by atoms with van der Waals surface area (Å²) in [4.78, 5) is 0. The molecular formula is C13H15ClN2O3. The molecule has 2 N–H and O–H groups in total. The number of nitrogen functional groups attached to an aromatic ring is 1. The van der Waals surface area contributed by atoms with E-state index in [1.165, 1.54) is 0 Å². The number of hydrogen-bond donors (Lipinski definition) is 1. The Labute approximate surface area is 116 Å². The van der Waals surface area contributed by atoms with Crippen molar-refractivity contribution in [3.05, 3.63) is 23.2 Å². The topological polar surface area (TPSA) is 70.5 Å². The van der Waals surface area contributed by atoms with Crippen LogP contribution >= 0.6 is 11.6 Å². The second-order valence-electron chi connectivity index (χ2n) is 3.76. The Morgan fingerprint density at radius 2 is 1.84 bits per heavy atom. The third kappa shape index (κ3) is 2.93. The Bertz CT molecular complexity index is 569. The smallest absolute Gasteiger partial charge is 0.222 e. The highest BCUT2D eigenvalue weighted by molar-refractivity contribution is 6.32. The van der Waals surface area contributed by atoms with Gasteiger partial charge in [-0.25, -0.2) is 0 Å². The van der Waals surface area contributed by atoms with Crippen LogP contribution < -0.4 is 15.2 Å². The number of aromatic nitrogens is 1. The number of benzene rings is 1. The quantitative estimate of drug-likeness (QED) is 0.910. The van der Waals surface area contributed by atoms with Crippen molar-refractivity contribution in [2.75, 3.05) is 18.9 Å². The Morgan fingerprint density at radius 3 is 2.42 bits per heavy atom. The predicted octanol–water partition coefficient (Wildman–Crippen LogP) is 3.37. The molecule has 0 saturated carbocycles. The third-order valence-electron chi connectivity index (χ3n) is 2.44. The second-order valence-corrected chi connectivity index (χ2v) is 4.17. The average molecular weight is 283 g/mol. The van der Waals surface area contributed by atoms with E-state index in [9.17, 15) is 0 Å². The first kappa shape index (κ1) is 13.5. The van der Waals surface area contributed by atoms with Crippen LogP contribution in [0.2, 0.25) is 5.02 Å². The van der Waals surface area contributed by atoms with Crippen molar-refractivity contribution in [2.45, 2.75) is 13.8 Å². The van der Waals surface area contributed by atoms with Gasteiger partial charge < -0.3 is 19.7 Å². The molecule has 2 rings (SSSR count). The summed E-state index contributed by atoms with van der Waals surface area (Å²) in [5.74, 6) is 1.44. The molecule has 0 aliphatic heterocycles. The summed E-state index contributed by atoms with van der Waals surface area (Å²) in [5.41, 5.74) is 6.82. The van der Waals surface area contributed by atoms with E-state index in [2.05, 4.69) is 5.16 Å². The van der Waals surface area contributed by atoms with Gasteiger partial charge in [0.1, 0.15) is 17.2 Å². The fraction of sp³-hybridized carbons (Fsp3) is 0.308. The van der Waals surface area contributed by atoms with E-state index in [4.69, 9.17) is 31.3 Å². The molecule has 0 spiro atoms. The molecule has 5 nitrogen and oxygen atoms in total. The summed E-state index contributed by atoms with van der Waals surface area (Å²) in [7, 11) is 0. The lowest BCUT2D eigenvalue weighted by Gasteiger charge is -2.12. The monoisotopic (exact) mass is 282 g/mol. The Morgan fingerprint density at radius 1 is 1.16 bits per heavy atom. The lowest BCUT2D eigenvalue weighted by Crippen LogP contribution is -1.98. The Balaban J connectivity index is 2.49.